The molecule has 0 saturated heterocycles. The van der Waals surface area contributed by atoms with E-state index in [9.17, 15) is 19.4 Å². The fourth-order valence-corrected chi connectivity index (χ4v) is 1.12. The SMILES string of the molecule is CNc1cc(C(=O)N=O)cc(C(=O)N=O)c1. The maximum Gasteiger partial charge on any atom is 0.316 e. The fourth-order valence-electron chi connectivity index (χ4n) is 1.12. The zero-order valence-electron chi connectivity index (χ0n) is 8.26. The number of carbonyl (C=O) groups is 2. The van der Waals surface area contributed by atoms with Crippen molar-refractivity contribution in [2.24, 2.45) is 10.4 Å². The van der Waals surface area contributed by atoms with Crippen LogP contribution in [0.4, 0.5) is 5.69 Å². The van der Waals surface area contributed by atoms with Crippen molar-refractivity contribution in [1.82, 2.24) is 0 Å². The number of rotatable bonds is 3. The summed E-state index contributed by atoms with van der Waals surface area (Å²) < 4.78 is 0. The van der Waals surface area contributed by atoms with Crippen molar-refractivity contribution in [3.05, 3.63) is 39.1 Å². The van der Waals surface area contributed by atoms with Crippen LogP contribution in [0.25, 0.3) is 0 Å². The van der Waals surface area contributed by atoms with E-state index >= 15 is 0 Å². The molecule has 0 aliphatic carbocycles. The number of hydrogen-bond donors (Lipinski definition) is 1. The van der Waals surface area contributed by atoms with Crippen LogP contribution < -0.4 is 5.32 Å². The molecule has 0 radical (unpaired) electrons. The monoisotopic (exact) mass is 221 g/mol. The first-order valence-corrected chi connectivity index (χ1v) is 4.20. The van der Waals surface area contributed by atoms with Crippen molar-refractivity contribution in [1.29, 1.82) is 0 Å². The molecule has 0 bridgehead atoms. The van der Waals surface area contributed by atoms with Crippen LogP contribution in [0.2, 0.25) is 0 Å². The average Bonchev–Trinajstić information content (AvgIpc) is 2.35. The molecule has 16 heavy (non-hydrogen) atoms. The summed E-state index contributed by atoms with van der Waals surface area (Å²) >= 11 is 0. The van der Waals surface area contributed by atoms with E-state index in [-0.39, 0.29) is 11.1 Å². The third-order valence-corrected chi connectivity index (χ3v) is 1.88. The van der Waals surface area contributed by atoms with Gasteiger partial charge in [-0.1, -0.05) is 0 Å². The summed E-state index contributed by atoms with van der Waals surface area (Å²) in [6.45, 7) is 0. The van der Waals surface area contributed by atoms with E-state index in [1.165, 1.54) is 12.1 Å². The van der Waals surface area contributed by atoms with Gasteiger partial charge in [-0.2, -0.15) is 0 Å². The second-order valence-corrected chi connectivity index (χ2v) is 2.84. The van der Waals surface area contributed by atoms with Gasteiger partial charge < -0.3 is 5.32 Å². The normalized spacial score (nSPS) is 9.31. The van der Waals surface area contributed by atoms with Crippen LogP contribution in [0.5, 0.6) is 0 Å². The van der Waals surface area contributed by atoms with Gasteiger partial charge in [0.2, 0.25) is 0 Å². The van der Waals surface area contributed by atoms with Gasteiger partial charge in [0.1, 0.15) is 0 Å². The summed E-state index contributed by atoms with van der Waals surface area (Å²) in [5.74, 6) is -2.03. The second-order valence-electron chi connectivity index (χ2n) is 2.84. The van der Waals surface area contributed by atoms with E-state index in [0.717, 1.165) is 6.07 Å². The van der Waals surface area contributed by atoms with Gasteiger partial charge in [-0.05, 0) is 18.2 Å². The van der Waals surface area contributed by atoms with E-state index in [1.807, 2.05) is 0 Å². The molecule has 7 heteroatoms. The lowest BCUT2D eigenvalue weighted by Gasteiger charge is -2.03. The number of benzene rings is 1. The number of amides is 2. The van der Waals surface area contributed by atoms with Gasteiger partial charge in [0.15, 0.2) is 0 Å². The van der Waals surface area contributed by atoms with Crippen molar-refractivity contribution < 1.29 is 9.59 Å². The summed E-state index contributed by atoms with van der Waals surface area (Å²) in [6, 6.07) is 3.77. The molecule has 1 N–H and O–H groups in total. The van der Waals surface area contributed by atoms with E-state index < -0.39 is 11.8 Å². The standard InChI is InChI=1S/C9H7N3O4/c1-10-7-3-5(8(13)11-15)2-6(4-7)9(14)12-16/h2-4,10H,1H3. The van der Waals surface area contributed by atoms with Crippen molar-refractivity contribution in [2.75, 3.05) is 12.4 Å². The highest BCUT2D eigenvalue weighted by Gasteiger charge is 2.13. The molecule has 0 fully saturated rings. The Morgan fingerprint density at radius 1 is 1.00 bits per heavy atom. The van der Waals surface area contributed by atoms with Gasteiger partial charge in [0, 0.05) is 34.2 Å². The molecule has 82 valence electrons. The zero-order chi connectivity index (χ0) is 12.1. The lowest BCUT2D eigenvalue weighted by Crippen LogP contribution is -2.02. The minimum absolute atomic E-state index is 0.0751. The van der Waals surface area contributed by atoms with Crippen LogP contribution in [0.15, 0.2) is 28.6 Å². The highest BCUT2D eigenvalue weighted by molar-refractivity contribution is 6.01. The van der Waals surface area contributed by atoms with E-state index in [0.29, 0.717) is 5.69 Å². The van der Waals surface area contributed by atoms with E-state index in [2.05, 4.69) is 15.7 Å². The smallest absolute Gasteiger partial charge is 0.316 e. The number of carbonyl (C=O) groups excluding carboxylic acids is 2. The largest absolute Gasteiger partial charge is 0.388 e. The van der Waals surface area contributed by atoms with Crippen LogP contribution >= 0.6 is 0 Å². The molecule has 0 aliphatic rings. The summed E-state index contributed by atoms with van der Waals surface area (Å²) in [5.41, 5.74) is 0.254. The van der Waals surface area contributed by atoms with Gasteiger partial charge in [0.25, 0.3) is 0 Å². The highest BCUT2D eigenvalue weighted by Crippen LogP contribution is 2.16. The first-order valence-electron chi connectivity index (χ1n) is 4.20. The predicted molar refractivity (Wildman–Crippen MR) is 56.2 cm³/mol. The molecule has 1 aromatic rings. The Bertz CT molecular complexity index is 432. The van der Waals surface area contributed by atoms with Gasteiger partial charge in [-0.3, -0.25) is 9.59 Å². The van der Waals surface area contributed by atoms with Crippen molar-refractivity contribution in [3.8, 4) is 0 Å². The lowest BCUT2D eigenvalue weighted by atomic mass is 10.1. The van der Waals surface area contributed by atoms with E-state index in [4.69, 9.17) is 0 Å². The summed E-state index contributed by atoms with van der Waals surface area (Å²) in [5, 5.41) is 7.12. The number of anilines is 1. The molecule has 0 atom stereocenters. The first kappa shape index (κ1) is 11.6. The topological polar surface area (TPSA) is 105 Å². The minimum Gasteiger partial charge on any atom is -0.388 e. The molecule has 0 saturated carbocycles. The van der Waals surface area contributed by atoms with Crippen LogP contribution in [0.3, 0.4) is 0 Å². The van der Waals surface area contributed by atoms with Crippen LogP contribution in [0, 0.1) is 9.81 Å². The average molecular weight is 221 g/mol. The third kappa shape index (κ3) is 2.32. The molecule has 2 amide bonds. The van der Waals surface area contributed by atoms with Crippen molar-refractivity contribution >= 4 is 17.5 Å². The molecule has 0 spiro atoms. The third-order valence-electron chi connectivity index (χ3n) is 1.88. The second kappa shape index (κ2) is 4.87. The Morgan fingerprint density at radius 2 is 1.44 bits per heavy atom. The Labute approximate surface area is 89.8 Å². The van der Waals surface area contributed by atoms with Crippen molar-refractivity contribution in [3.63, 3.8) is 0 Å². The molecule has 1 aromatic carbocycles. The van der Waals surface area contributed by atoms with Gasteiger partial charge in [0.05, 0.1) is 0 Å². The van der Waals surface area contributed by atoms with Crippen LogP contribution in [0.1, 0.15) is 20.7 Å². The molecule has 0 aliphatic heterocycles. The van der Waals surface area contributed by atoms with Gasteiger partial charge >= 0.3 is 11.8 Å². The molecular formula is C9H7N3O4. The summed E-state index contributed by atoms with van der Waals surface area (Å²) in [6.07, 6.45) is 0. The quantitative estimate of drug-likeness (QED) is 0.779. The highest BCUT2D eigenvalue weighted by atomic mass is 16.3. The first-order chi connectivity index (χ1) is 7.62. The Hall–Kier alpha value is -2.44. The maximum absolute atomic E-state index is 11.0. The summed E-state index contributed by atoms with van der Waals surface area (Å²) in [7, 11) is 1.56. The number of hydrogen-bond acceptors (Lipinski definition) is 5. The summed E-state index contributed by atoms with van der Waals surface area (Å²) in [4.78, 5) is 42.2. The Morgan fingerprint density at radius 3 is 1.75 bits per heavy atom. The minimum atomic E-state index is -1.02. The maximum atomic E-state index is 11.0. The van der Waals surface area contributed by atoms with Crippen LogP contribution in [-0.2, 0) is 0 Å². The predicted octanol–water partition coefficient (Wildman–Crippen LogP) is 1.54. The lowest BCUT2D eigenvalue weighted by molar-refractivity contribution is 0.0999. The zero-order valence-corrected chi connectivity index (χ0v) is 8.26. The Kier molecular flexibility index (Phi) is 3.54. The van der Waals surface area contributed by atoms with E-state index in [1.54, 1.807) is 7.05 Å². The number of nitrogens with one attached hydrogen (secondary N) is 1. The van der Waals surface area contributed by atoms with Crippen LogP contribution in [-0.4, -0.2) is 18.9 Å². The molecular weight excluding hydrogens is 214 g/mol. The van der Waals surface area contributed by atoms with Gasteiger partial charge in [-0.25, -0.2) is 0 Å². The molecule has 7 nitrogen and oxygen atoms in total. The van der Waals surface area contributed by atoms with Gasteiger partial charge in [-0.15, -0.1) is 9.81 Å². The number of nitrogens with zero attached hydrogens (tertiary/aromatic N) is 2. The Balaban J connectivity index is 3.31. The van der Waals surface area contributed by atoms with Crippen molar-refractivity contribution in [2.45, 2.75) is 0 Å². The number of nitroso groups, excluding NO2 is 2. The fraction of sp³-hybridized carbons (Fsp3) is 0.111. The molecule has 0 unspecified atom stereocenters. The molecule has 0 heterocycles. The molecule has 0 aromatic heterocycles. The molecule has 1 rings (SSSR count).